The molecular formula is C10H15NO. The maximum absolute atomic E-state index is 10.4. The lowest BCUT2D eigenvalue weighted by Gasteiger charge is -2.23. The van der Waals surface area contributed by atoms with Crippen molar-refractivity contribution < 1.29 is 4.79 Å². The van der Waals surface area contributed by atoms with Crippen LogP contribution in [0.2, 0.25) is 0 Å². The molecule has 0 aliphatic carbocycles. The van der Waals surface area contributed by atoms with Crippen molar-refractivity contribution in [1.29, 1.82) is 0 Å². The zero-order valence-corrected chi connectivity index (χ0v) is 7.55. The van der Waals surface area contributed by atoms with Gasteiger partial charge in [-0.3, -0.25) is 0 Å². The number of hydrogen-bond acceptors (Lipinski definition) is 2. The Hall–Kier alpha value is -1.01. The van der Waals surface area contributed by atoms with E-state index in [1.54, 1.807) is 0 Å². The van der Waals surface area contributed by atoms with E-state index in [9.17, 15) is 4.79 Å². The van der Waals surface area contributed by atoms with Gasteiger partial charge in [-0.25, -0.2) is 4.79 Å². The standard InChI is InChI=1S/C10H15NO/c1-2-3-6-11-7-4-5-10(8-11)9-12/h4,7H,2-3,5-6,8H2,1H3. The minimum absolute atomic E-state index is 0.778. The Bertz CT molecular complexity index is 214. The van der Waals surface area contributed by atoms with Gasteiger partial charge >= 0.3 is 0 Å². The third-order valence-electron chi connectivity index (χ3n) is 2.02. The van der Waals surface area contributed by atoms with Crippen LogP contribution in [0.4, 0.5) is 0 Å². The molecule has 0 unspecified atom stereocenters. The maximum atomic E-state index is 10.4. The first-order valence-corrected chi connectivity index (χ1v) is 4.50. The minimum Gasteiger partial charge on any atom is -0.373 e. The molecule has 1 rings (SSSR count). The summed E-state index contributed by atoms with van der Waals surface area (Å²) >= 11 is 0. The van der Waals surface area contributed by atoms with Crippen LogP contribution < -0.4 is 0 Å². The third kappa shape index (κ3) is 2.55. The lowest BCUT2D eigenvalue weighted by molar-refractivity contribution is 0.384. The minimum atomic E-state index is 0.778. The molecular weight excluding hydrogens is 150 g/mol. The molecule has 1 aliphatic rings. The Labute approximate surface area is 73.6 Å². The van der Waals surface area contributed by atoms with Gasteiger partial charge in [-0.2, -0.15) is 0 Å². The van der Waals surface area contributed by atoms with E-state index in [1.807, 2.05) is 12.0 Å². The van der Waals surface area contributed by atoms with Gasteiger partial charge in [0.25, 0.3) is 0 Å². The van der Waals surface area contributed by atoms with E-state index in [0.717, 1.165) is 25.1 Å². The second-order valence-corrected chi connectivity index (χ2v) is 3.12. The zero-order valence-electron chi connectivity index (χ0n) is 7.55. The van der Waals surface area contributed by atoms with Crippen molar-refractivity contribution in [2.45, 2.75) is 26.2 Å². The van der Waals surface area contributed by atoms with Crippen LogP contribution in [-0.2, 0) is 4.79 Å². The average Bonchev–Trinajstić information content (AvgIpc) is 2.15. The highest BCUT2D eigenvalue weighted by molar-refractivity contribution is 5.54. The van der Waals surface area contributed by atoms with Gasteiger partial charge in [0.2, 0.25) is 0 Å². The summed E-state index contributed by atoms with van der Waals surface area (Å²) in [5.41, 5.74) is 0.869. The van der Waals surface area contributed by atoms with E-state index in [0.29, 0.717) is 0 Å². The van der Waals surface area contributed by atoms with Gasteiger partial charge in [0.05, 0.1) is 0 Å². The monoisotopic (exact) mass is 165 g/mol. The quantitative estimate of drug-likeness (QED) is 0.594. The number of nitrogens with zero attached hydrogens (tertiary/aromatic N) is 1. The summed E-state index contributed by atoms with van der Waals surface area (Å²) in [6, 6.07) is 0. The van der Waals surface area contributed by atoms with Gasteiger partial charge in [-0.1, -0.05) is 19.4 Å². The zero-order chi connectivity index (χ0) is 8.81. The van der Waals surface area contributed by atoms with Crippen molar-refractivity contribution >= 4 is 5.94 Å². The number of allylic oxidation sites excluding steroid dienone is 1. The van der Waals surface area contributed by atoms with Crippen LogP contribution >= 0.6 is 0 Å². The van der Waals surface area contributed by atoms with Crippen LogP contribution in [-0.4, -0.2) is 23.9 Å². The van der Waals surface area contributed by atoms with Crippen molar-refractivity contribution in [2.75, 3.05) is 13.1 Å². The van der Waals surface area contributed by atoms with Crippen molar-refractivity contribution in [1.82, 2.24) is 4.90 Å². The van der Waals surface area contributed by atoms with Crippen molar-refractivity contribution in [3.05, 3.63) is 17.8 Å². The van der Waals surface area contributed by atoms with Crippen LogP contribution in [0.1, 0.15) is 26.2 Å². The molecule has 2 nitrogen and oxygen atoms in total. The van der Waals surface area contributed by atoms with E-state index in [1.165, 1.54) is 12.8 Å². The molecule has 0 saturated carbocycles. The van der Waals surface area contributed by atoms with Gasteiger partial charge in [-0.05, 0) is 12.6 Å². The molecule has 0 N–H and O–H groups in total. The van der Waals surface area contributed by atoms with Crippen LogP contribution in [0.15, 0.2) is 17.8 Å². The van der Waals surface area contributed by atoms with Crippen LogP contribution in [0.3, 0.4) is 0 Å². The Morgan fingerprint density at radius 2 is 2.50 bits per heavy atom. The Kier molecular flexibility index (Phi) is 3.62. The Balaban J connectivity index is 2.41. The van der Waals surface area contributed by atoms with Gasteiger partial charge in [0.15, 0.2) is 0 Å². The van der Waals surface area contributed by atoms with Crippen molar-refractivity contribution in [2.24, 2.45) is 0 Å². The summed E-state index contributed by atoms with van der Waals surface area (Å²) in [6.45, 7) is 4.00. The van der Waals surface area contributed by atoms with E-state index in [-0.39, 0.29) is 0 Å². The number of hydrogen-bond donors (Lipinski definition) is 0. The first-order chi connectivity index (χ1) is 5.86. The second kappa shape index (κ2) is 4.78. The highest BCUT2D eigenvalue weighted by Gasteiger charge is 2.07. The highest BCUT2D eigenvalue weighted by Crippen LogP contribution is 2.10. The molecule has 0 aromatic rings. The molecule has 2 heteroatoms. The molecule has 0 fully saturated rings. The number of unbranched alkanes of at least 4 members (excludes halogenated alkanes) is 1. The molecule has 66 valence electrons. The summed E-state index contributed by atoms with van der Waals surface area (Å²) in [6.07, 6.45) is 7.28. The smallest absolute Gasteiger partial charge is 0.125 e. The number of rotatable bonds is 3. The maximum Gasteiger partial charge on any atom is 0.125 e. The normalized spacial score (nSPS) is 16.4. The molecule has 0 radical (unpaired) electrons. The Morgan fingerprint density at radius 3 is 3.17 bits per heavy atom. The molecule has 0 aromatic carbocycles. The van der Waals surface area contributed by atoms with Crippen molar-refractivity contribution in [3.63, 3.8) is 0 Å². The fourth-order valence-corrected chi connectivity index (χ4v) is 1.30. The average molecular weight is 165 g/mol. The summed E-state index contributed by atoms with van der Waals surface area (Å²) in [4.78, 5) is 12.5. The molecule has 0 aromatic heterocycles. The lowest BCUT2D eigenvalue weighted by Crippen LogP contribution is -2.24. The lowest BCUT2D eigenvalue weighted by atomic mass is 10.1. The number of carbonyl (C=O) groups excluding carboxylic acids is 1. The fraction of sp³-hybridized carbons (Fsp3) is 0.600. The summed E-state index contributed by atoms with van der Waals surface area (Å²) in [5, 5.41) is 0. The molecule has 1 aliphatic heterocycles. The molecule has 0 amide bonds. The second-order valence-electron chi connectivity index (χ2n) is 3.12. The van der Waals surface area contributed by atoms with E-state index < -0.39 is 0 Å². The van der Waals surface area contributed by atoms with E-state index in [4.69, 9.17) is 0 Å². The first-order valence-electron chi connectivity index (χ1n) is 4.50. The predicted octanol–water partition coefficient (Wildman–Crippen LogP) is 1.76. The van der Waals surface area contributed by atoms with E-state index in [2.05, 4.69) is 18.0 Å². The molecule has 0 saturated heterocycles. The Morgan fingerprint density at radius 1 is 1.67 bits per heavy atom. The van der Waals surface area contributed by atoms with Gasteiger partial charge in [-0.15, -0.1) is 0 Å². The molecule has 0 atom stereocenters. The van der Waals surface area contributed by atoms with Crippen LogP contribution in [0.25, 0.3) is 0 Å². The summed E-state index contributed by atoms with van der Waals surface area (Å²) in [7, 11) is 0. The highest BCUT2D eigenvalue weighted by atomic mass is 16.1. The summed E-state index contributed by atoms with van der Waals surface area (Å²) < 4.78 is 0. The van der Waals surface area contributed by atoms with Crippen LogP contribution in [0.5, 0.6) is 0 Å². The van der Waals surface area contributed by atoms with Gasteiger partial charge < -0.3 is 4.90 Å². The van der Waals surface area contributed by atoms with Crippen molar-refractivity contribution in [3.8, 4) is 0 Å². The SMILES string of the molecule is CCCCN1C=CCC(=C=O)C1. The summed E-state index contributed by atoms with van der Waals surface area (Å²) in [5.74, 6) is 1.98. The molecule has 1 heterocycles. The molecule has 12 heavy (non-hydrogen) atoms. The predicted molar refractivity (Wildman–Crippen MR) is 49.4 cm³/mol. The third-order valence-corrected chi connectivity index (χ3v) is 2.02. The van der Waals surface area contributed by atoms with E-state index >= 15 is 0 Å². The fourth-order valence-electron chi connectivity index (χ4n) is 1.30. The first kappa shape index (κ1) is 9.08. The van der Waals surface area contributed by atoms with Gasteiger partial charge in [0.1, 0.15) is 5.94 Å². The van der Waals surface area contributed by atoms with Crippen LogP contribution in [0, 0.1) is 0 Å². The molecule has 0 spiro atoms. The van der Waals surface area contributed by atoms with Gasteiger partial charge in [0, 0.05) is 25.1 Å². The molecule has 0 bridgehead atoms. The topological polar surface area (TPSA) is 20.3 Å². The largest absolute Gasteiger partial charge is 0.373 e.